The van der Waals surface area contributed by atoms with Crippen LogP contribution in [0.5, 0.6) is 11.9 Å². The van der Waals surface area contributed by atoms with Gasteiger partial charge in [-0.3, -0.25) is 4.79 Å². The molecule has 0 spiro atoms. The van der Waals surface area contributed by atoms with E-state index in [1.165, 1.54) is 7.11 Å². The molecule has 1 amide bonds. The Labute approximate surface area is 178 Å². The van der Waals surface area contributed by atoms with E-state index < -0.39 is 0 Å². The van der Waals surface area contributed by atoms with Crippen LogP contribution in [0, 0.1) is 0 Å². The zero-order valence-corrected chi connectivity index (χ0v) is 17.0. The Kier molecular flexibility index (Phi) is 5.57. The van der Waals surface area contributed by atoms with E-state index in [1.54, 1.807) is 49.7 Å². The number of methoxy groups -OCH3 is 2. The van der Waals surface area contributed by atoms with Crippen LogP contribution in [0.2, 0.25) is 0 Å². The highest BCUT2D eigenvalue weighted by Crippen LogP contribution is 2.26. The molecule has 0 unspecified atom stereocenters. The number of nitrogens with two attached hydrogens (primary N) is 1. The maximum atomic E-state index is 12.5. The van der Waals surface area contributed by atoms with Gasteiger partial charge in [0.2, 0.25) is 5.88 Å². The molecule has 4 aromatic rings. The Morgan fingerprint density at radius 1 is 1.13 bits per heavy atom. The van der Waals surface area contributed by atoms with Crippen LogP contribution in [0.1, 0.15) is 16.1 Å². The van der Waals surface area contributed by atoms with Gasteiger partial charge in [-0.15, -0.1) is 0 Å². The van der Waals surface area contributed by atoms with Crippen LogP contribution in [0.15, 0.2) is 59.1 Å². The fourth-order valence-electron chi connectivity index (χ4n) is 3.03. The van der Waals surface area contributed by atoms with Crippen molar-refractivity contribution in [2.75, 3.05) is 30.6 Å². The average Bonchev–Trinajstić information content (AvgIpc) is 3.22. The van der Waals surface area contributed by atoms with Crippen molar-refractivity contribution in [2.45, 2.75) is 6.54 Å². The molecule has 0 radical (unpaired) electrons. The van der Waals surface area contributed by atoms with Gasteiger partial charge in [-0.05, 0) is 36.4 Å². The first kappa shape index (κ1) is 20.0. The van der Waals surface area contributed by atoms with Gasteiger partial charge in [-0.25, -0.2) is 4.98 Å². The molecule has 2 aromatic heterocycles. The molecular weight excluding hydrogens is 398 g/mol. The summed E-state index contributed by atoms with van der Waals surface area (Å²) < 4.78 is 16.0. The second-order valence-electron chi connectivity index (χ2n) is 6.65. The van der Waals surface area contributed by atoms with Gasteiger partial charge < -0.3 is 30.3 Å². The normalized spacial score (nSPS) is 10.6. The van der Waals surface area contributed by atoms with Gasteiger partial charge in [0.15, 0.2) is 5.76 Å². The largest absolute Gasteiger partial charge is 0.481 e. The van der Waals surface area contributed by atoms with Gasteiger partial charge in [0.1, 0.15) is 5.58 Å². The number of carbonyl (C=O) groups excluding carboxylic acids is 1. The van der Waals surface area contributed by atoms with Gasteiger partial charge in [0.05, 0.1) is 31.2 Å². The number of hydrogen-bond donors (Lipinski definition) is 3. The van der Waals surface area contributed by atoms with Crippen LogP contribution >= 0.6 is 0 Å². The van der Waals surface area contributed by atoms with Gasteiger partial charge in [-0.1, -0.05) is 12.1 Å². The number of amides is 1. The van der Waals surface area contributed by atoms with Crippen LogP contribution in [-0.2, 0) is 6.54 Å². The first-order valence-electron chi connectivity index (χ1n) is 9.44. The molecule has 0 aliphatic carbocycles. The number of nitrogens with zero attached hydrogens (tertiary/aromatic N) is 2. The summed E-state index contributed by atoms with van der Waals surface area (Å²) in [6, 6.07) is 14.5. The molecule has 0 atom stereocenters. The van der Waals surface area contributed by atoms with Crippen LogP contribution in [-0.4, -0.2) is 30.1 Å². The predicted octanol–water partition coefficient (Wildman–Crippen LogP) is 3.69. The Hall–Kier alpha value is -4.27. The third kappa shape index (κ3) is 4.35. The minimum absolute atomic E-state index is 0.195. The van der Waals surface area contributed by atoms with Crippen LogP contribution < -0.4 is 25.8 Å². The highest BCUT2D eigenvalue weighted by atomic mass is 16.5. The fourth-order valence-corrected chi connectivity index (χ4v) is 3.03. The molecule has 0 bridgehead atoms. The number of nitrogen functional groups attached to an aromatic ring is 1. The molecule has 4 N–H and O–H groups in total. The van der Waals surface area contributed by atoms with Crippen LogP contribution in [0.4, 0.5) is 17.1 Å². The zero-order chi connectivity index (χ0) is 21.8. The number of anilines is 3. The maximum absolute atomic E-state index is 12.5. The highest BCUT2D eigenvalue weighted by molar-refractivity contribution is 6.06. The lowest BCUT2D eigenvalue weighted by atomic mass is 10.2. The van der Waals surface area contributed by atoms with E-state index in [0.29, 0.717) is 29.4 Å². The van der Waals surface area contributed by atoms with E-state index >= 15 is 0 Å². The summed E-state index contributed by atoms with van der Waals surface area (Å²) in [6.45, 7) is 0.442. The maximum Gasteiger partial charge on any atom is 0.319 e. The summed E-state index contributed by atoms with van der Waals surface area (Å²) in [6.07, 6.45) is 1.64. The molecule has 0 fully saturated rings. The van der Waals surface area contributed by atoms with Crippen molar-refractivity contribution in [1.29, 1.82) is 0 Å². The smallest absolute Gasteiger partial charge is 0.319 e. The SMILES string of the molecule is COc1ncc(CNc2ccc3oc(C(=O)Nc4ccccc4N)cc3c2)c(OC)n1. The third-order valence-corrected chi connectivity index (χ3v) is 4.61. The van der Waals surface area contributed by atoms with E-state index in [2.05, 4.69) is 20.6 Å². The second-order valence-corrected chi connectivity index (χ2v) is 6.65. The van der Waals surface area contributed by atoms with Gasteiger partial charge >= 0.3 is 6.01 Å². The van der Waals surface area contributed by atoms with E-state index in [1.807, 2.05) is 12.1 Å². The van der Waals surface area contributed by atoms with E-state index in [9.17, 15) is 4.79 Å². The summed E-state index contributed by atoms with van der Waals surface area (Å²) in [5.74, 6) is 0.257. The molecule has 2 heterocycles. The summed E-state index contributed by atoms with van der Waals surface area (Å²) in [4.78, 5) is 20.8. The Morgan fingerprint density at radius 3 is 2.74 bits per heavy atom. The number of carbonyl (C=O) groups is 1. The molecule has 0 aliphatic rings. The van der Waals surface area contributed by atoms with Crippen LogP contribution in [0.3, 0.4) is 0 Å². The number of hydrogen-bond acceptors (Lipinski definition) is 8. The van der Waals surface area contributed by atoms with Crippen molar-refractivity contribution in [3.63, 3.8) is 0 Å². The summed E-state index contributed by atoms with van der Waals surface area (Å²) in [5.41, 5.74) is 9.11. The third-order valence-electron chi connectivity index (χ3n) is 4.61. The van der Waals surface area contributed by atoms with E-state index in [4.69, 9.17) is 19.6 Å². The molecule has 158 valence electrons. The number of ether oxygens (including phenoxy) is 2. The van der Waals surface area contributed by atoms with Gasteiger partial charge in [0.25, 0.3) is 5.91 Å². The first-order valence-corrected chi connectivity index (χ1v) is 9.44. The lowest BCUT2D eigenvalue weighted by Gasteiger charge is -2.10. The first-order chi connectivity index (χ1) is 15.1. The molecule has 0 saturated heterocycles. The minimum Gasteiger partial charge on any atom is -0.481 e. The number of benzene rings is 2. The number of rotatable bonds is 7. The highest BCUT2D eigenvalue weighted by Gasteiger charge is 2.14. The zero-order valence-electron chi connectivity index (χ0n) is 17.0. The lowest BCUT2D eigenvalue weighted by molar-refractivity contribution is 0.0998. The quantitative estimate of drug-likeness (QED) is 0.388. The summed E-state index contributed by atoms with van der Waals surface area (Å²) in [7, 11) is 3.04. The van der Waals surface area contributed by atoms with Crippen molar-refractivity contribution in [3.8, 4) is 11.9 Å². The van der Waals surface area contributed by atoms with Crippen molar-refractivity contribution in [2.24, 2.45) is 0 Å². The molecule has 2 aromatic carbocycles. The minimum atomic E-state index is -0.372. The molecule has 0 aliphatic heterocycles. The molecule has 31 heavy (non-hydrogen) atoms. The topological polar surface area (TPSA) is 125 Å². The van der Waals surface area contributed by atoms with Crippen LogP contribution in [0.25, 0.3) is 11.0 Å². The van der Waals surface area contributed by atoms with Crippen molar-refractivity contribution < 1.29 is 18.7 Å². The number of para-hydroxylation sites is 2. The Bertz CT molecular complexity index is 1240. The average molecular weight is 419 g/mol. The number of fused-ring (bicyclic) bond motifs is 1. The van der Waals surface area contributed by atoms with Crippen molar-refractivity contribution in [3.05, 3.63) is 66.1 Å². The van der Waals surface area contributed by atoms with E-state index in [0.717, 1.165) is 16.6 Å². The summed E-state index contributed by atoms with van der Waals surface area (Å²) >= 11 is 0. The fraction of sp³-hybridized carbons (Fsp3) is 0.136. The number of furan rings is 1. The lowest BCUT2D eigenvalue weighted by Crippen LogP contribution is -2.12. The molecule has 9 nitrogen and oxygen atoms in total. The summed E-state index contributed by atoms with van der Waals surface area (Å²) in [5, 5.41) is 6.84. The van der Waals surface area contributed by atoms with Crippen molar-refractivity contribution >= 4 is 33.9 Å². The molecule has 0 saturated carbocycles. The van der Waals surface area contributed by atoms with Crippen molar-refractivity contribution in [1.82, 2.24) is 9.97 Å². The van der Waals surface area contributed by atoms with Gasteiger partial charge in [0, 0.05) is 23.8 Å². The monoisotopic (exact) mass is 419 g/mol. The predicted molar refractivity (Wildman–Crippen MR) is 117 cm³/mol. The van der Waals surface area contributed by atoms with Gasteiger partial charge in [-0.2, -0.15) is 4.98 Å². The number of nitrogens with one attached hydrogen (secondary N) is 2. The standard InChI is InChI=1S/C22H21N5O4/c1-29-21-14(12-25-22(27-21)30-2)11-24-15-7-8-18-13(9-15)10-19(31-18)20(28)26-17-6-4-3-5-16(17)23/h3-10,12,24H,11,23H2,1-2H3,(H,26,28). The Morgan fingerprint density at radius 2 is 1.97 bits per heavy atom. The molecule has 4 rings (SSSR count). The molecule has 9 heteroatoms. The van der Waals surface area contributed by atoms with E-state index in [-0.39, 0.29) is 17.7 Å². The Balaban J connectivity index is 1.49. The second kappa shape index (κ2) is 8.62. The number of aromatic nitrogens is 2. The molecular formula is C22H21N5O4.